The number of pyridine rings is 1. The molecule has 3 fully saturated rings. The molecule has 5 aromatic rings. The zero-order valence-electron chi connectivity index (χ0n) is 22.1. The van der Waals surface area contributed by atoms with Crippen LogP contribution in [0, 0.1) is 25.6 Å². The highest BCUT2D eigenvalue weighted by Crippen LogP contribution is 2.32. The van der Waals surface area contributed by atoms with Crippen LogP contribution in [-0.4, -0.2) is 55.1 Å². The van der Waals surface area contributed by atoms with Gasteiger partial charge in [0.1, 0.15) is 34.8 Å². The Hall–Kier alpha value is -3.56. The van der Waals surface area contributed by atoms with Gasteiger partial charge in [-0.2, -0.15) is 13.5 Å². The fourth-order valence-corrected chi connectivity index (χ4v) is 5.98. The zero-order chi connectivity index (χ0) is 25.8. The minimum Gasteiger partial charge on any atom is -0.489 e. The number of ether oxygens (including phenoxy) is 1. The van der Waals surface area contributed by atoms with Gasteiger partial charge in [-0.05, 0) is 76.0 Å². The third kappa shape index (κ3) is 4.74. The first kappa shape index (κ1) is 25.7. The summed E-state index contributed by atoms with van der Waals surface area (Å²) in [6.45, 7) is 7.32. The molecule has 3 aliphatic heterocycles. The molecule has 3 saturated heterocycles. The molecule has 2 aromatic carbocycles. The van der Waals surface area contributed by atoms with Crippen molar-refractivity contribution < 1.29 is 9.13 Å². The van der Waals surface area contributed by atoms with Gasteiger partial charge in [0.2, 0.25) is 0 Å². The zero-order valence-corrected chi connectivity index (χ0v) is 23.1. The van der Waals surface area contributed by atoms with Gasteiger partial charge in [-0.15, -0.1) is 0 Å². The smallest absolute Gasteiger partial charge is 0.164 e. The fourth-order valence-electron chi connectivity index (χ4n) is 5.98. The number of fused-ring (bicyclic) bond motifs is 5. The van der Waals surface area contributed by atoms with E-state index in [2.05, 4.69) is 20.9 Å². The van der Waals surface area contributed by atoms with Crippen molar-refractivity contribution in [3.8, 4) is 17.1 Å². The second kappa shape index (κ2) is 10.2. The van der Waals surface area contributed by atoms with E-state index in [0.29, 0.717) is 35.2 Å². The monoisotopic (exact) mass is 542 g/mol. The van der Waals surface area contributed by atoms with Gasteiger partial charge < -0.3 is 9.30 Å². The van der Waals surface area contributed by atoms with Crippen LogP contribution in [0.4, 0.5) is 4.39 Å². The minimum atomic E-state index is -0.290. The quantitative estimate of drug-likeness (QED) is 0.295. The number of halogens is 1. The Kier molecular flexibility index (Phi) is 6.72. The normalized spacial score (nSPS) is 20.3. The lowest BCUT2D eigenvalue weighted by Crippen LogP contribution is -2.52. The molecule has 9 heteroatoms. The number of aryl methyl sites for hydroxylation is 2. The Morgan fingerprint density at radius 1 is 1.00 bits per heavy atom. The lowest BCUT2D eigenvalue weighted by molar-refractivity contribution is -0.00789. The highest BCUT2D eigenvalue weighted by molar-refractivity contribution is 7.59. The Bertz CT molecular complexity index is 1680. The van der Waals surface area contributed by atoms with Crippen LogP contribution in [0.1, 0.15) is 29.9 Å². The van der Waals surface area contributed by atoms with E-state index in [1.165, 1.54) is 6.07 Å². The largest absolute Gasteiger partial charge is 0.489 e. The average molecular weight is 543 g/mol. The third-order valence-corrected chi connectivity index (χ3v) is 7.98. The van der Waals surface area contributed by atoms with Crippen molar-refractivity contribution in [2.24, 2.45) is 5.92 Å². The molecule has 0 amide bonds. The predicted octanol–water partition coefficient (Wildman–Crippen LogP) is 5.43. The Morgan fingerprint density at radius 2 is 1.85 bits per heavy atom. The molecule has 0 spiro atoms. The van der Waals surface area contributed by atoms with Gasteiger partial charge in [0.15, 0.2) is 5.65 Å². The first-order chi connectivity index (χ1) is 18.5. The summed E-state index contributed by atoms with van der Waals surface area (Å²) in [5, 5.41) is 1.02. The summed E-state index contributed by atoms with van der Waals surface area (Å²) in [5.41, 5.74) is 4.61. The van der Waals surface area contributed by atoms with Crippen LogP contribution in [-0.2, 0) is 6.54 Å². The number of imidazole rings is 1. The third-order valence-electron chi connectivity index (χ3n) is 7.98. The van der Waals surface area contributed by atoms with E-state index >= 15 is 4.39 Å². The molecule has 1 atom stereocenters. The highest BCUT2D eigenvalue weighted by Gasteiger charge is 2.35. The molecule has 0 aliphatic carbocycles. The number of benzene rings is 2. The summed E-state index contributed by atoms with van der Waals surface area (Å²) in [6.07, 6.45) is 4.24. The van der Waals surface area contributed by atoms with Gasteiger partial charge in [-0.3, -0.25) is 9.88 Å². The van der Waals surface area contributed by atoms with Gasteiger partial charge in [0.05, 0.1) is 17.8 Å². The number of piperidine rings is 3. The van der Waals surface area contributed by atoms with Gasteiger partial charge in [0.25, 0.3) is 0 Å². The van der Waals surface area contributed by atoms with Crippen LogP contribution in [0.25, 0.3) is 33.5 Å². The Balaban J connectivity index is 0.00000277. The van der Waals surface area contributed by atoms with Crippen molar-refractivity contribution in [1.29, 1.82) is 0 Å². The van der Waals surface area contributed by atoms with Crippen molar-refractivity contribution in [3.63, 3.8) is 0 Å². The van der Waals surface area contributed by atoms with E-state index in [0.717, 1.165) is 66.0 Å². The van der Waals surface area contributed by atoms with E-state index in [-0.39, 0.29) is 25.4 Å². The van der Waals surface area contributed by atoms with E-state index in [4.69, 9.17) is 14.7 Å². The number of hydrogen-bond acceptors (Lipinski definition) is 6. The summed E-state index contributed by atoms with van der Waals surface area (Å²) in [5.74, 6) is 2.25. The summed E-state index contributed by atoms with van der Waals surface area (Å²) < 4.78 is 23.8. The fraction of sp³-hybridized carbons (Fsp3) is 0.333. The maximum Gasteiger partial charge on any atom is 0.164 e. The molecule has 6 heterocycles. The molecule has 0 saturated carbocycles. The number of nitrogens with zero attached hydrogens (tertiary/aromatic N) is 6. The molecule has 8 rings (SSSR count). The molecule has 7 nitrogen and oxygen atoms in total. The molecule has 2 bridgehead atoms. The number of aromatic nitrogens is 5. The van der Waals surface area contributed by atoms with Crippen molar-refractivity contribution >= 4 is 35.6 Å². The molecule has 200 valence electrons. The summed E-state index contributed by atoms with van der Waals surface area (Å²) in [7, 11) is 0. The van der Waals surface area contributed by atoms with Crippen LogP contribution in [0.2, 0.25) is 0 Å². The molecule has 1 unspecified atom stereocenters. The molecule has 0 radical (unpaired) electrons. The molecular formula is C30H31FN6OS. The maximum atomic E-state index is 15.5. The van der Waals surface area contributed by atoms with Crippen molar-refractivity contribution in [2.75, 3.05) is 19.6 Å². The predicted molar refractivity (Wildman–Crippen MR) is 155 cm³/mol. The lowest BCUT2D eigenvalue weighted by Gasteiger charge is -2.44. The van der Waals surface area contributed by atoms with E-state index in [1.807, 2.05) is 54.8 Å². The SMILES string of the molecule is Cc1nc(C)c2nc(-c3ccc4ncccc4c3)n(Cc3ccc(OC4CN5CCC4CC5)cc3F)c2n1.S. The maximum absolute atomic E-state index is 15.5. The first-order valence-corrected chi connectivity index (χ1v) is 13.3. The molecule has 0 N–H and O–H groups in total. The van der Waals surface area contributed by atoms with Gasteiger partial charge in [-0.25, -0.2) is 19.3 Å². The first-order valence-electron chi connectivity index (χ1n) is 13.3. The number of hydrogen-bond donors (Lipinski definition) is 0. The Morgan fingerprint density at radius 3 is 2.62 bits per heavy atom. The minimum absolute atomic E-state index is 0. The standard InChI is InChI=1S/C30H29FN6O.H2S/c1-18-28-30(34-19(2)33-18)37(29(35-28)22-6-8-26-21(14-22)4-3-11-32-26)16-23-5-7-24(15-25(23)31)38-27-17-36-12-9-20(27)10-13-36;/h3-8,11,14-15,20,27H,9-10,12-13,16-17H2,1-2H3;1H2. The van der Waals surface area contributed by atoms with Crippen LogP contribution >= 0.6 is 13.5 Å². The van der Waals surface area contributed by atoms with E-state index in [1.54, 1.807) is 6.20 Å². The van der Waals surface area contributed by atoms with Gasteiger partial charge >= 0.3 is 0 Å². The van der Waals surface area contributed by atoms with Crippen molar-refractivity contribution in [3.05, 3.63) is 77.6 Å². The van der Waals surface area contributed by atoms with Crippen molar-refractivity contribution in [1.82, 2.24) is 29.4 Å². The van der Waals surface area contributed by atoms with E-state index < -0.39 is 0 Å². The van der Waals surface area contributed by atoms with Gasteiger partial charge in [0, 0.05) is 35.3 Å². The van der Waals surface area contributed by atoms with Gasteiger partial charge in [-0.1, -0.05) is 12.1 Å². The van der Waals surface area contributed by atoms with Crippen LogP contribution < -0.4 is 4.74 Å². The average Bonchev–Trinajstić information content (AvgIpc) is 3.29. The second-order valence-corrected chi connectivity index (χ2v) is 10.5. The van der Waals surface area contributed by atoms with Crippen LogP contribution in [0.5, 0.6) is 5.75 Å². The summed E-state index contributed by atoms with van der Waals surface area (Å²) in [6, 6.07) is 15.2. The molecule has 3 aliphatic rings. The molecule has 39 heavy (non-hydrogen) atoms. The molecular weight excluding hydrogens is 511 g/mol. The highest BCUT2D eigenvalue weighted by atomic mass is 32.1. The Labute approximate surface area is 233 Å². The number of rotatable bonds is 5. The van der Waals surface area contributed by atoms with Crippen LogP contribution in [0.15, 0.2) is 54.7 Å². The van der Waals surface area contributed by atoms with Crippen LogP contribution in [0.3, 0.4) is 0 Å². The lowest BCUT2D eigenvalue weighted by atomic mass is 9.86. The van der Waals surface area contributed by atoms with E-state index in [9.17, 15) is 0 Å². The topological polar surface area (TPSA) is 69.0 Å². The second-order valence-electron chi connectivity index (χ2n) is 10.5. The van der Waals surface area contributed by atoms with Crippen molar-refractivity contribution in [2.45, 2.75) is 39.3 Å². The summed E-state index contributed by atoms with van der Waals surface area (Å²) in [4.78, 5) is 21.0. The molecule has 3 aromatic heterocycles. The summed E-state index contributed by atoms with van der Waals surface area (Å²) >= 11 is 0.